The summed E-state index contributed by atoms with van der Waals surface area (Å²) in [5.74, 6) is 0. The summed E-state index contributed by atoms with van der Waals surface area (Å²) in [4.78, 5) is 0. The minimum absolute atomic E-state index is 0.834. The largest absolute Gasteiger partial charge is 0.314 e. The quantitative estimate of drug-likeness (QED) is 0.664. The Balaban J connectivity index is 2.46. The van der Waals surface area contributed by atoms with Crippen LogP contribution < -0.4 is 5.32 Å². The molecular formula is C9H15N3. The summed E-state index contributed by atoms with van der Waals surface area (Å²) in [6.45, 7) is 5.42. The lowest BCUT2D eigenvalue weighted by atomic mass is 10.4. The molecule has 12 heavy (non-hydrogen) atoms. The topological polar surface area (TPSA) is 29.9 Å². The lowest BCUT2D eigenvalue weighted by Crippen LogP contribution is -2.06. The summed E-state index contributed by atoms with van der Waals surface area (Å²) >= 11 is 0. The predicted molar refractivity (Wildman–Crippen MR) is 49.8 cm³/mol. The van der Waals surface area contributed by atoms with Crippen LogP contribution in [-0.4, -0.2) is 16.8 Å². The molecule has 0 unspecified atom stereocenters. The van der Waals surface area contributed by atoms with Crippen molar-refractivity contribution in [1.82, 2.24) is 15.1 Å². The Morgan fingerprint density at radius 3 is 3.25 bits per heavy atom. The molecule has 3 heteroatoms. The SMILES string of the molecule is C=CCCn1ccc(CNC)n1. The van der Waals surface area contributed by atoms with Crippen LogP contribution in [0.1, 0.15) is 12.1 Å². The van der Waals surface area contributed by atoms with Crippen molar-refractivity contribution in [3.63, 3.8) is 0 Å². The van der Waals surface area contributed by atoms with E-state index in [4.69, 9.17) is 0 Å². The van der Waals surface area contributed by atoms with E-state index in [1.807, 2.05) is 30.1 Å². The van der Waals surface area contributed by atoms with Crippen molar-refractivity contribution in [2.45, 2.75) is 19.5 Å². The Morgan fingerprint density at radius 2 is 2.58 bits per heavy atom. The molecule has 0 saturated heterocycles. The van der Waals surface area contributed by atoms with Crippen molar-refractivity contribution in [2.75, 3.05) is 7.05 Å². The average Bonchev–Trinajstić information content (AvgIpc) is 2.50. The lowest BCUT2D eigenvalue weighted by Gasteiger charge is -1.96. The number of hydrogen-bond acceptors (Lipinski definition) is 2. The molecule has 1 heterocycles. The molecule has 0 atom stereocenters. The summed E-state index contributed by atoms with van der Waals surface area (Å²) < 4.78 is 1.94. The zero-order valence-electron chi connectivity index (χ0n) is 7.45. The molecular weight excluding hydrogens is 150 g/mol. The van der Waals surface area contributed by atoms with Gasteiger partial charge in [-0.2, -0.15) is 5.10 Å². The highest BCUT2D eigenvalue weighted by atomic mass is 15.3. The number of hydrogen-bond donors (Lipinski definition) is 1. The molecule has 0 amide bonds. The van der Waals surface area contributed by atoms with Crippen molar-refractivity contribution >= 4 is 0 Å². The molecule has 0 aliphatic rings. The second kappa shape index (κ2) is 4.72. The fraction of sp³-hybridized carbons (Fsp3) is 0.444. The number of allylic oxidation sites excluding steroid dienone is 1. The summed E-state index contributed by atoms with van der Waals surface area (Å²) in [6, 6.07) is 2.03. The molecule has 0 aliphatic heterocycles. The highest BCUT2D eigenvalue weighted by molar-refractivity contribution is 4.98. The minimum Gasteiger partial charge on any atom is -0.314 e. The number of rotatable bonds is 5. The molecule has 0 spiro atoms. The Kier molecular flexibility index (Phi) is 3.54. The van der Waals surface area contributed by atoms with Crippen LogP contribution in [0.4, 0.5) is 0 Å². The Bertz CT molecular complexity index is 240. The number of aryl methyl sites for hydroxylation is 1. The van der Waals surface area contributed by atoms with Gasteiger partial charge in [-0.15, -0.1) is 6.58 Å². The van der Waals surface area contributed by atoms with Gasteiger partial charge in [0.2, 0.25) is 0 Å². The molecule has 0 fully saturated rings. The number of nitrogens with zero attached hydrogens (tertiary/aromatic N) is 2. The maximum atomic E-state index is 4.34. The van der Waals surface area contributed by atoms with Crippen molar-refractivity contribution in [1.29, 1.82) is 0 Å². The maximum absolute atomic E-state index is 4.34. The molecule has 3 nitrogen and oxygen atoms in total. The van der Waals surface area contributed by atoms with Crippen LogP contribution in [0.5, 0.6) is 0 Å². The molecule has 1 rings (SSSR count). The molecule has 0 aliphatic carbocycles. The first kappa shape index (κ1) is 9.00. The molecule has 0 radical (unpaired) electrons. The maximum Gasteiger partial charge on any atom is 0.0762 e. The van der Waals surface area contributed by atoms with Crippen LogP contribution in [0.3, 0.4) is 0 Å². The van der Waals surface area contributed by atoms with E-state index in [0.29, 0.717) is 0 Å². The van der Waals surface area contributed by atoms with Gasteiger partial charge in [0.1, 0.15) is 0 Å². The minimum atomic E-state index is 0.834. The molecule has 1 aromatic rings. The number of aromatic nitrogens is 2. The van der Waals surface area contributed by atoms with Gasteiger partial charge in [0.25, 0.3) is 0 Å². The zero-order valence-corrected chi connectivity index (χ0v) is 7.45. The van der Waals surface area contributed by atoms with Gasteiger partial charge in [0.05, 0.1) is 5.69 Å². The van der Waals surface area contributed by atoms with E-state index in [0.717, 1.165) is 25.2 Å². The van der Waals surface area contributed by atoms with Crippen molar-refractivity contribution in [3.8, 4) is 0 Å². The highest BCUT2D eigenvalue weighted by Gasteiger charge is 1.95. The van der Waals surface area contributed by atoms with Crippen molar-refractivity contribution in [2.24, 2.45) is 0 Å². The fourth-order valence-electron chi connectivity index (χ4n) is 1.03. The van der Waals surface area contributed by atoms with Crippen LogP contribution >= 0.6 is 0 Å². The van der Waals surface area contributed by atoms with Crippen LogP contribution in [0, 0.1) is 0 Å². The first-order valence-electron chi connectivity index (χ1n) is 4.14. The Morgan fingerprint density at radius 1 is 1.75 bits per heavy atom. The highest BCUT2D eigenvalue weighted by Crippen LogP contribution is 1.96. The third-order valence-electron chi connectivity index (χ3n) is 1.62. The van der Waals surface area contributed by atoms with Gasteiger partial charge in [0, 0.05) is 19.3 Å². The van der Waals surface area contributed by atoms with Gasteiger partial charge in [-0.3, -0.25) is 4.68 Å². The Hall–Kier alpha value is -1.09. The van der Waals surface area contributed by atoms with Crippen molar-refractivity contribution < 1.29 is 0 Å². The molecule has 1 aromatic heterocycles. The average molecular weight is 165 g/mol. The van der Waals surface area contributed by atoms with Gasteiger partial charge in [-0.05, 0) is 19.5 Å². The predicted octanol–water partition coefficient (Wildman–Crippen LogP) is 1.18. The molecule has 0 aromatic carbocycles. The van der Waals surface area contributed by atoms with Crippen LogP contribution in [0.2, 0.25) is 0 Å². The standard InChI is InChI=1S/C9H15N3/c1-3-4-6-12-7-5-9(11-12)8-10-2/h3,5,7,10H,1,4,6,8H2,2H3. The third-order valence-corrected chi connectivity index (χ3v) is 1.62. The molecule has 66 valence electrons. The second-order valence-electron chi connectivity index (χ2n) is 2.68. The first-order chi connectivity index (χ1) is 5.86. The van der Waals surface area contributed by atoms with Gasteiger partial charge in [-0.1, -0.05) is 6.08 Å². The van der Waals surface area contributed by atoms with Gasteiger partial charge in [0.15, 0.2) is 0 Å². The van der Waals surface area contributed by atoms with Gasteiger partial charge >= 0.3 is 0 Å². The van der Waals surface area contributed by atoms with E-state index in [1.165, 1.54) is 0 Å². The van der Waals surface area contributed by atoms with Gasteiger partial charge in [-0.25, -0.2) is 0 Å². The Labute approximate surface area is 73.1 Å². The summed E-state index contributed by atoms with van der Waals surface area (Å²) in [6.07, 6.45) is 4.87. The van der Waals surface area contributed by atoms with Crippen LogP contribution in [-0.2, 0) is 13.1 Å². The third kappa shape index (κ3) is 2.51. The number of nitrogens with one attached hydrogen (secondary N) is 1. The van der Waals surface area contributed by atoms with Gasteiger partial charge < -0.3 is 5.32 Å². The summed E-state index contributed by atoms with van der Waals surface area (Å²) in [5, 5.41) is 7.40. The molecule has 1 N–H and O–H groups in total. The second-order valence-corrected chi connectivity index (χ2v) is 2.68. The van der Waals surface area contributed by atoms with E-state index >= 15 is 0 Å². The fourth-order valence-corrected chi connectivity index (χ4v) is 1.03. The molecule has 0 saturated carbocycles. The smallest absolute Gasteiger partial charge is 0.0762 e. The van der Waals surface area contributed by atoms with E-state index in [9.17, 15) is 0 Å². The van der Waals surface area contributed by atoms with Crippen LogP contribution in [0.15, 0.2) is 24.9 Å². The molecule has 0 bridgehead atoms. The zero-order chi connectivity index (χ0) is 8.81. The van der Waals surface area contributed by atoms with Crippen molar-refractivity contribution in [3.05, 3.63) is 30.6 Å². The monoisotopic (exact) mass is 165 g/mol. The summed E-state index contributed by atoms with van der Waals surface area (Å²) in [7, 11) is 1.92. The lowest BCUT2D eigenvalue weighted by molar-refractivity contribution is 0.608. The van der Waals surface area contributed by atoms with Crippen LogP contribution in [0.25, 0.3) is 0 Å². The summed E-state index contributed by atoms with van der Waals surface area (Å²) in [5.41, 5.74) is 1.08. The first-order valence-corrected chi connectivity index (χ1v) is 4.14. The van der Waals surface area contributed by atoms with E-state index in [-0.39, 0.29) is 0 Å². The normalized spacial score (nSPS) is 10.1. The van der Waals surface area contributed by atoms with E-state index in [1.54, 1.807) is 0 Å². The van der Waals surface area contributed by atoms with E-state index in [2.05, 4.69) is 17.0 Å². The van der Waals surface area contributed by atoms with E-state index < -0.39 is 0 Å².